The van der Waals surface area contributed by atoms with Gasteiger partial charge in [0.15, 0.2) is 0 Å². The molecule has 0 spiro atoms. The van der Waals surface area contributed by atoms with Crippen molar-refractivity contribution in [2.24, 2.45) is 23.7 Å². The molecule has 0 aromatic heterocycles. The summed E-state index contributed by atoms with van der Waals surface area (Å²) in [5.41, 5.74) is 0. The summed E-state index contributed by atoms with van der Waals surface area (Å²) < 4.78 is 51.8. The molecule has 0 nitrogen and oxygen atoms in total. The Morgan fingerprint density at radius 1 is 0.846 bits per heavy atom. The van der Waals surface area contributed by atoms with Gasteiger partial charge in [0, 0.05) is 11.8 Å². The summed E-state index contributed by atoms with van der Waals surface area (Å²) in [6.45, 7) is 0. The van der Waals surface area contributed by atoms with Crippen LogP contribution in [0.1, 0.15) is 6.42 Å². The fraction of sp³-hybridized carbons (Fsp3) is 0.778. The van der Waals surface area contributed by atoms with Crippen LogP contribution in [0.15, 0.2) is 12.2 Å². The van der Waals surface area contributed by atoms with Crippen LogP contribution in [-0.2, 0) is 0 Å². The molecular formula is C9H8F4. The Kier molecular flexibility index (Phi) is 1.08. The highest BCUT2D eigenvalue weighted by Gasteiger charge is 2.83. The van der Waals surface area contributed by atoms with Crippen molar-refractivity contribution in [1.29, 1.82) is 0 Å². The SMILES string of the molecule is FC1(F)[C@@H]2[C@@H]([C@H]3C=C[C@H]2C3)C1(F)F. The maximum Gasteiger partial charge on any atom is 0.314 e. The van der Waals surface area contributed by atoms with Gasteiger partial charge >= 0.3 is 11.8 Å². The average molecular weight is 192 g/mol. The first-order valence-electron chi connectivity index (χ1n) is 4.40. The zero-order chi connectivity index (χ0) is 9.43. The predicted octanol–water partition coefficient (Wildman–Crippen LogP) is 2.71. The second kappa shape index (κ2) is 1.79. The van der Waals surface area contributed by atoms with E-state index >= 15 is 0 Å². The lowest BCUT2D eigenvalue weighted by Crippen LogP contribution is -2.67. The molecule has 4 atom stereocenters. The summed E-state index contributed by atoms with van der Waals surface area (Å²) in [5, 5.41) is 0. The lowest BCUT2D eigenvalue weighted by molar-refractivity contribution is -0.355. The lowest BCUT2D eigenvalue weighted by Gasteiger charge is -2.51. The van der Waals surface area contributed by atoms with E-state index < -0.39 is 23.7 Å². The minimum atomic E-state index is -3.76. The fourth-order valence-corrected chi connectivity index (χ4v) is 3.16. The molecule has 2 saturated carbocycles. The van der Waals surface area contributed by atoms with Crippen molar-refractivity contribution >= 4 is 0 Å². The molecule has 0 saturated heterocycles. The van der Waals surface area contributed by atoms with Crippen LogP contribution in [0, 0.1) is 23.7 Å². The standard InChI is InChI=1S/C9H8F4/c10-8(11)6-4-1-2-5(3-4)7(6)9(8,12)13/h1-2,4-7H,3H2/t4-,5-,6-,7+/m0/s1. The van der Waals surface area contributed by atoms with Crippen LogP contribution in [0.3, 0.4) is 0 Å². The van der Waals surface area contributed by atoms with E-state index in [1.807, 2.05) is 0 Å². The highest BCUT2D eigenvalue weighted by Crippen LogP contribution is 2.71. The molecule has 0 N–H and O–H groups in total. The maximum atomic E-state index is 12.9. The van der Waals surface area contributed by atoms with Crippen molar-refractivity contribution in [2.45, 2.75) is 18.3 Å². The highest BCUT2D eigenvalue weighted by atomic mass is 19.3. The zero-order valence-corrected chi connectivity index (χ0v) is 6.68. The van der Waals surface area contributed by atoms with E-state index in [-0.39, 0.29) is 11.8 Å². The van der Waals surface area contributed by atoms with Crippen LogP contribution in [-0.4, -0.2) is 11.8 Å². The molecule has 3 aliphatic carbocycles. The normalized spacial score (nSPS) is 53.2. The molecule has 0 aliphatic heterocycles. The summed E-state index contributed by atoms with van der Waals surface area (Å²) >= 11 is 0. The summed E-state index contributed by atoms with van der Waals surface area (Å²) in [4.78, 5) is 0. The molecule has 2 bridgehead atoms. The first-order chi connectivity index (χ1) is 5.96. The molecule has 72 valence electrons. The molecule has 3 aliphatic rings. The Labute approximate surface area is 72.6 Å². The second-order valence-electron chi connectivity index (χ2n) is 4.25. The van der Waals surface area contributed by atoms with E-state index in [9.17, 15) is 17.6 Å². The largest absolute Gasteiger partial charge is 0.314 e. The Balaban J connectivity index is 2.04. The third-order valence-corrected chi connectivity index (χ3v) is 3.74. The van der Waals surface area contributed by atoms with Crippen LogP contribution >= 0.6 is 0 Å². The van der Waals surface area contributed by atoms with Crippen LogP contribution in [0.5, 0.6) is 0 Å². The van der Waals surface area contributed by atoms with Gasteiger partial charge in [-0.1, -0.05) is 12.2 Å². The molecule has 13 heavy (non-hydrogen) atoms. The Morgan fingerprint density at radius 2 is 1.23 bits per heavy atom. The molecule has 0 unspecified atom stereocenters. The van der Waals surface area contributed by atoms with E-state index in [1.165, 1.54) is 0 Å². The molecule has 0 radical (unpaired) electrons. The van der Waals surface area contributed by atoms with Gasteiger partial charge < -0.3 is 0 Å². The van der Waals surface area contributed by atoms with Gasteiger partial charge in [0.25, 0.3) is 0 Å². The number of hydrogen-bond acceptors (Lipinski definition) is 0. The molecular weight excluding hydrogens is 184 g/mol. The molecule has 2 fully saturated rings. The van der Waals surface area contributed by atoms with Gasteiger partial charge in [0.2, 0.25) is 0 Å². The smallest absolute Gasteiger partial charge is 0.200 e. The summed E-state index contributed by atoms with van der Waals surface area (Å²) in [5.74, 6) is -10.3. The number of hydrogen-bond donors (Lipinski definition) is 0. The average Bonchev–Trinajstić information content (AvgIpc) is 2.60. The summed E-state index contributed by atoms with van der Waals surface area (Å²) in [6.07, 6.45) is 3.85. The number of allylic oxidation sites excluding steroid dienone is 2. The molecule has 0 amide bonds. The van der Waals surface area contributed by atoms with Crippen molar-refractivity contribution in [1.82, 2.24) is 0 Å². The van der Waals surface area contributed by atoms with Crippen LogP contribution in [0.4, 0.5) is 17.6 Å². The Hall–Kier alpha value is -0.540. The first-order valence-corrected chi connectivity index (χ1v) is 4.40. The number of fused-ring (bicyclic) bond motifs is 5. The topological polar surface area (TPSA) is 0 Å². The molecule has 4 heteroatoms. The van der Waals surface area contributed by atoms with E-state index in [1.54, 1.807) is 12.2 Å². The maximum absolute atomic E-state index is 12.9. The first kappa shape index (κ1) is 7.83. The van der Waals surface area contributed by atoms with Gasteiger partial charge in [-0.15, -0.1) is 0 Å². The second-order valence-corrected chi connectivity index (χ2v) is 4.25. The highest BCUT2D eigenvalue weighted by molar-refractivity contribution is 5.27. The van der Waals surface area contributed by atoms with Gasteiger partial charge in [-0.2, -0.15) is 17.6 Å². The third-order valence-electron chi connectivity index (χ3n) is 3.74. The van der Waals surface area contributed by atoms with E-state index in [2.05, 4.69) is 0 Å². The van der Waals surface area contributed by atoms with Crippen molar-refractivity contribution in [2.75, 3.05) is 0 Å². The van der Waals surface area contributed by atoms with Crippen LogP contribution in [0.2, 0.25) is 0 Å². The van der Waals surface area contributed by atoms with Gasteiger partial charge in [-0.25, -0.2) is 0 Å². The van der Waals surface area contributed by atoms with Gasteiger partial charge in [-0.3, -0.25) is 0 Å². The van der Waals surface area contributed by atoms with Crippen molar-refractivity contribution in [3.63, 3.8) is 0 Å². The predicted molar refractivity (Wildman–Crippen MR) is 37.6 cm³/mol. The molecule has 3 rings (SSSR count). The number of alkyl halides is 4. The minimum absolute atomic E-state index is 0.301. The molecule has 0 aromatic rings. The minimum Gasteiger partial charge on any atom is -0.200 e. The van der Waals surface area contributed by atoms with Crippen molar-refractivity contribution in [3.05, 3.63) is 12.2 Å². The number of rotatable bonds is 0. The van der Waals surface area contributed by atoms with Gasteiger partial charge in [0.05, 0.1) is 0 Å². The van der Waals surface area contributed by atoms with E-state index in [4.69, 9.17) is 0 Å². The van der Waals surface area contributed by atoms with Crippen LogP contribution in [0.25, 0.3) is 0 Å². The van der Waals surface area contributed by atoms with Crippen molar-refractivity contribution in [3.8, 4) is 0 Å². The molecule has 0 aromatic carbocycles. The molecule has 0 heterocycles. The zero-order valence-electron chi connectivity index (χ0n) is 6.68. The fourth-order valence-electron chi connectivity index (χ4n) is 3.16. The monoisotopic (exact) mass is 192 g/mol. The van der Waals surface area contributed by atoms with Crippen LogP contribution < -0.4 is 0 Å². The quantitative estimate of drug-likeness (QED) is 0.409. The number of halogens is 4. The van der Waals surface area contributed by atoms with Crippen molar-refractivity contribution < 1.29 is 17.6 Å². The van der Waals surface area contributed by atoms with Gasteiger partial charge in [0.1, 0.15) is 0 Å². The van der Waals surface area contributed by atoms with E-state index in [0.717, 1.165) is 0 Å². The van der Waals surface area contributed by atoms with Gasteiger partial charge in [-0.05, 0) is 18.3 Å². The Bertz CT molecular complexity index is 266. The summed E-state index contributed by atoms with van der Waals surface area (Å²) in [7, 11) is 0. The summed E-state index contributed by atoms with van der Waals surface area (Å²) in [6, 6.07) is 0. The third kappa shape index (κ3) is 0.597. The Morgan fingerprint density at radius 3 is 1.62 bits per heavy atom. The van der Waals surface area contributed by atoms with E-state index in [0.29, 0.717) is 6.42 Å². The lowest BCUT2D eigenvalue weighted by atomic mass is 9.61.